The van der Waals surface area contributed by atoms with Gasteiger partial charge in [0.25, 0.3) is 0 Å². The van der Waals surface area contributed by atoms with Gasteiger partial charge in [0.05, 0.1) is 9.73 Å². The van der Waals surface area contributed by atoms with Crippen LogP contribution in [0, 0.1) is 5.82 Å². The van der Waals surface area contributed by atoms with Crippen LogP contribution in [0.4, 0.5) is 10.2 Å². The summed E-state index contributed by atoms with van der Waals surface area (Å²) in [7, 11) is -2.32. The predicted octanol–water partition coefficient (Wildman–Crippen LogP) is 1.97. The van der Waals surface area contributed by atoms with Crippen molar-refractivity contribution >= 4 is 15.5 Å². The number of nitrogens with zero attached hydrogens (tertiary/aromatic N) is 2. The van der Waals surface area contributed by atoms with E-state index in [1.807, 2.05) is 0 Å². The number of hydrogen-bond acceptors (Lipinski definition) is 3. The van der Waals surface area contributed by atoms with Gasteiger partial charge in [0, 0.05) is 18.2 Å². The number of rotatable bonds is 2. The highest BCUT2D eigenvalue weighted by Gasteiger charge is 2.03. The summed E-state index contributed by atoms with van der Waals surface area (Å²) in [5, 5.41) is 0. The van der Waals surface area contributed by atoms with E-state index in [9.17, 15) is 8.60 Å². The van der Waals surface area contributed by atoms with Crippen molar-refractivity contribution in [2.75, 3.05) is 12.0 Å². The van der Waals surface area contributed by atoms with E-state index in [-0.39, 0.29) is 5.82 Å². The fraction of sp³-hybridized carbons (Fsp3) is 0.375. The molecule has 0 saturated heterocycles. The van der Waals surface area contributed by atoms with E-state index < -0.39 is 15.5 Å². The van der Waals surface area contributed by atoms with Crippen LogP contribution in [-0.2, 0) is 9.73 Å². The second-order valence-electron chi connectivity index (χ2n) is 2.65. The zero-order valence-electron chi connectivity index (χ0n) is 7.53. The van der Waals surface area contributed by atoms with Crippen LogP contribution in [0.3, 0.4) is 0 Å². The van der Waals surface area contributed by atoms with Gasteiger partial charge >= 0.3 is 0 Å². The minimum absolute atomic E-state index is 0.0724. The van der Waals surface area contributed by atoms with Gasteiger partial charge in [0.2, 0.25) is 0 Å². The van der Waals surface area contributed by atoms with Crippen molar-refractivity contribution in [1.29, 1.82) is 0 Å². The van der Waals surface area contributed by atoms with Crippen molar-refractivity contribution in [3.8, 4) is 0 Å². The van der Waals surface area contributed by atoms with Gasteiger partial charge in [-0.1, -0.05) is 6.92 Å². The summed E-state index contributed by atoms with van der Waals surface area (Å²) in [6, 6.07) is 2.72. The highest BCUT2D eigenvalue weighted by Crippen LogP contribution is 2.14. The average Bonchev–Trinajstić information content (AvgIpc) is 2.09. The summed E-state index contributed by atoms with van der Waals surface area (Å²) in [6.45, 7) is 1.74. The molecule has 3 nitrogen and oxygen atoms in total. The molecule has 0 N–H and O–H groups in total. The van der Waals surface area contributed by atoms with Crippen LogP contribution in [0.25, 0.3) is 0 Å². The lowest BCUT2D eigenvalue weighted by Crippen LogP contribution is -1.98. The largest absolute Gasteiger partial charge is 0.250 e. The number of pyridine rings is 1. The first-order chi connectivity index (χ1) is 6.05. The molecule has 1 aromatic rings. The first-order valence-electron chi connectivity index (χ1n) is 3.85. The van der Waals surface area contributed by atoms with Gasteiger partial charge in [0.1, 0.15) is 0 Å². The summed E-state index contributed by atoms with van der Waals surface area (Å²) in [4.78, 5) is 3.69. The monoisotopic (exact) mass is 202 g/mol. The molecule has 0 aliphatic rings. The molecule has 0 aromatic carbocycles. The van der Waals surface area contributed by atoms with Crippen molar-refractivity contribution in [2.45, 2.75) is 6.92 Å². The Balaban J connectivity index is 3.19. The third kappa shape index (κ3) is 2.77. The van der Waals surface area contributed by atoms with Crippen molar-refractivity contribution < 1.29 is 8.60 Å². The molecule has 0 aliphatic heterocycles. The van der Waals surface area contributed by atoms with E-state index in [0.29, 0.717) is 5.75 Å². The van der Waals surface area contributed by atoms with Crippen LogP contribution in [0.1, 0.15) is 6.92 Å². The molecule has 0 spiro atoms. The van der Waals surface area contributed by atoms with E-state index in [4.69, 9.17) is 0 Å². The lowest BCUT2D eigenvalue weighted by atomic mass is 10.4. The molecule has 1 heterocycles. The molecule has 0 amide bonds. The first-order valence-corrected chi connectivity index (χ1v) is 5.95. The van der Waals surface area contributed by atoms with Gasteiger partial charge in [-0.25, -0.2) is 13.6 Å². The quantitative estimate of drug-likeness (QED) is 0.735. The fourth-order valence-corrected chi connectivity index (χ4v) is 1.32. The molecule has 1 rings (SSSR count). The molecule has 72 valence electrons. The van der Waals surface area contributed by atoms with Crippen LogP contribution >= 0.6 is 0 Å². The molecule has 0 fully saturated rings. The zero-order valence-corrected chi connectivity index (χ0v) is 8.34. The molecule has 1 unspecified atom stereocenters. The van der Waals surface area contributed by atoms with E-state index in [1.54, 1.807) is 6.92 Å². The Morgan fingerprint density at radius 3 is 2.92 bits per heavy atom. The van der Waals surface area contributed by atoms with Gasteiger partial charge in [0.15, 0.2) is 11.6 Å². The summed E-state index contributed by atoms with van der Waals surface area (Å²) in [5.74, 6) is -0.217. The molecule has 5 heteroatoms. The van der Waals surface area contributed by atoms with E-state index in [1.165, 1.54) is 24.6 Å². The SMILES string of the molecule is CCS(C)(=O)=Nc1ncccc1F. The third-order valence-corrected chi connectivity index (χ3v) is 3.18. The topological polar surface area (TPSA) is 42.3 Å². The Morgan fingerprint density at radius 1 is 1.69 bits per heavy atom. The van der Waals surface area contributed by atoms with Gasteiger partial charge in [-0.05, 0) is 12.1 Å². The van der Waals surface area contributed by atoms with E-state index in [0.717, 1.165) is 0 Å². The maximum absolute atomic E-state index is 13.0. The van der Waals surface area contributed by atoms with E-state index >= 15 is 0 Å². The molecule has 1 atom stereocenters. The molecule has 0 radical (unpaired) electrons. The Morgan fingerprint density at radius 2 is 2.38 bits per heavy atom. The van der Waals surface area contributed by atoms with Gasteiger partial charge in [-0.2, -0.15) is 4.36 Å². The van der Waals surface area contributed by atoms with Crippen molar-refractivity contribution in [2.24, 2.45) is 4.36 Å². The van der Waals surface area contributed by atoms with Gasteiger partial charge in [-0.3, -0.25) is 0 Å². The molecular weight excluding hydrogens is 191 g/mol. The van der Waals surface area contributed by atoms with Gasteiger partial charge in [-0.15, -0.1) is 0 Å². The average molecular weight is 202 g/mol. The summed E-state index contributed by atoms with van der Waals surface area (Å²) >= 11 is 0. The van der Waals surface area contributed by atoms with Crippen molar-refractivity contribution in [1.82, 2.24) is 4.98 Å². The van der Waals surface area contributed by atoms with E-state index in [2.05, 4.69) is 9.35 Å². The fourth-order valence-electron chi connectivity index (χ4n) is 0.692. The molecule has 0 bridgehead atoms. The Labute approximate surface area is 77.2 Å². The van der Waals surface area contributed by atoms with Gasteiger partial charge < -0.3 is 0 Å². The molecule has 0 aliphatic carbocycles. The first kappa shape index (κ1) is 10.1. The lowest BCUT2D eigenvalue weighted by Gasteiger charge is -1.99. The van der Waals surface area contributed by atoms with Crippen LogP contribution < -0.4 is 0 Å². The molecule has 0 saturated carbocycles. The molecule has 1 aromatic heterocycles. The predicted molar refractivity (Wildman–Crippen MR) is 50.9 cm³/mol. The van der Waals surface area contributed by atoms with Crippen LogP contribution in [0.15, 0.2) is 22.7 Å². The van der Waals surface area contributed by atoms with Crippen molar-refractivity contribution in [3.05, 3.63) is 24.1 Å². The minimum atomic E-state index is -2.32. The Hall–Kier alpha value is -0.970. The second kappa shape index (κ2) is 3.83. The number of aromatic nitrogens is 1. The highest BCUT2D eigenvalue weighted by atomic mass is 32.2. The smallest absolute Gasteiger partial charge is 0.197 e. The normalized spacial score (nSPS) is 15.0. The van der Waals surface area contributed by atoms with Crippen LogP contribution in [0.2, 0.25) is 0 Å². The van der Waals surface area contributed by atoms with Crippen LogP contribution in [-0.4, -0.2) is 21.2 Å². The Kier molecular flexibility index (Phi) is 2.98. The number of halogens is 1. The highest BCUT2D eigenvalue weighted by molar-refractivity contribution is 7.93. The van der Waals surface area contributed by atoms with Crippen LogP contribution in [0.5, 0.6) is 0 Å². The van der Waals surface area contributed by atoms with Crippen molar-refractivity contribution in [3.63, 3.8) is 0 Å². The Bertz CT molecular complexity index is 410. The summed E-state index contributed by atoms with van der Waals surface area (Å²) in [6.07, 6.45) is 2.91. The third-order valence-electron chi connectivity index (χ3n) is 1.55. The molecular formula is C8H11FN2OS. The zero-order chi connectivity index (χ0) is 9.90. The maximum Gasteiger partial charge on any atom is 0.197 e. The summed E-state index contributed by atoms with van der Waals surface area (Å²) in [5.41, 5.74) is 0. The minimum Gasteiger partial charge on any atom is -0.250 e. The summed E-state index contributed by atoms with van der Waals surface area (Å²) < 4.78 is 28.2. The number of hydrogen-bond donors (Lipinski definition) is 0. The second-order valence-corrected chi connectivity index (χ2v) is 5.33. The maximum atomic E-state index is 13.0. The lowest BCUT2D eigenvalue weighted by molar-refractivity contribution is 0.623. The molecule has 13 heavy (non-hydrogen) atoms. The standard InChI is InChI=1S/C8H11FN2OS/c1-3-13(2,12)11-8-7(9)5-4-6-10-8/h4-6H,3H2,1-2H3.